The van der Waals surface area contributed by atoms with E-state index in [2.05, 4.69) is 22.3 Å². The molecule has 170 valence electrons. The summed E-state index contributed by atoms with van der Waals surface area (Å²) in [6.45, 7) is 5.21. The molecule has 1 saturated heterocycles. The number of rotatable bonds is 7. The predicted molar refractivity (Wildman–Crippen MR) is 130 cm³/mol. The number of halogens is 2. The van der Waals surface area contributed by atoms with Gasteiger partial charge < -0.3 is 20.9 Å². The summed E-state index contributed by atoms with van der Waals surface area (Å²) in [6.07, 6.45) is 0.310. The summed E-state index contributed by atoms with van der Waals surface area (Å²) in [5.41, 5.74) is 8.33. The van der Waals surface area contributed by atoms with E-state index in [1.807, 2.05) is 60.4 Å². The minimum absolute atomic E-state index is 0. The molecule has 1 heterocycles. The Labute approximate surface area is 197 Å². The molecule has 1 aliphatic rings. The van der Waals surface area contributed by atoms with Gasteiger partial charge >= 0.3 is 0 Å². The summed E-state index contributed by atoms with van der Waals surface area (Å²) < 4.78 is 0. The molecule has 0 bridgehead atoms. The monoisotopic (exact) mass is 466 g/mol. The van der Waals surface area contributed by atoms with E-state index >= 15 is 0 Å². The molecule has 8 heteroatoms. The summed E-state index contributed by atoms with van der Waals surface area (Å²) in [5, 5.41) is 2.86. The Kier molecular flexibility index (Phi) is 11.4. The number of piperazine rings is 1. The van der Waals surface area contributed by atoms with Crippen LogP contribution in [0.25, 0.3) is 0 Å². The van der Waals surface area contributed by atoms with E-state index in [4.69, 9.17) is 5.73 Å². The molecule has 2 amide bonds. The second kappa shape index (κ2) is 13.2. The van der Waals surface area contributed by atoms with Crippen LogP contribution < -0.4 is 16.0 Å². The minimum Gasteiger partial charge on any atom is -0.368 e. The van der Waals surface area contributed by atoms with Gasteiger partial charge in [-0.15, -0.1) is 24.8 Å². The number of hydrogen-bond acceptors (Lipinski definition) is 4. The van der Waals surface area contributed by atoms with E-state index < -0.39 is 0 Å². The minimum atomic E-state index is -0.363. The van der Waals surface area contributed by atoms with Gasteiger partial charge in [0.1, 0.15) is 0 Å². The van der Waals surface area contributed by atoms with Crippen LogP contribution in [0.15, 0.2) is 60.7 Å². The molecule has 0 radical (unpaired) electrons. The number of para-hydroxylation sites is 1. The van der Waals surface area contributed by atoms with Gasteiger partial charge in [0.15, 0.2) is 0 Å². The van der Waals surface area contributed by atoms with Crippen LogP contribution in [-0.2, 0) is 9.59 Å². The summed E-state index contributed by atoms with van der Waals surface area (Å²) in [6, 6.07) is 19.5. The molecule has 2 aromatic rings. The third-order valence-electron chi connectivity index (χ3n) is 5.53. The fraction of sp³-hybridized carbons (Fsp3) is 0.391. The van der Waals surface area contributed by atoms with Crippen LogP contribution in [0.2, 0.25) is 0 Å². The van der Waals surface area contributed by atoms with E-state index in [-0.39, 0.29) is 48.6 Å². The number of nitrogens with one attached hydrogen (secondary N) is 1. The van der Waals surface area contributed by atoms with Crippen LogP contribution in [-0.4, -0.2) is 49.4 Å². The highest BCUT2D eigenvalue weighted by atomic mass is 35.5. The van der Waals surface area contributed by atoms with Crippen LogP contribution in [0.5, 0.6) is 0 Å². The van der Waals surface area contributed by atoms with Gasteiger partial charge in [-0.3, -0.25) is 9.59 Å². The summed E-state index contributed by atoms with van der Waals surface area (Å²) >= 11 is 0. The third-order valence-corrected chi connectivity index (χ3v) is 5.53. The molecule has 0 saturated carbocycles. The molecule has 3 rings (SSSR count). The fourth-order valence-corrected chi connectivity index (χ4v) is 3.59. The Balaban J connectivity index is 0.00000240. The molecule has 0 aromatic heterocycles. The zero-order chi connectivity index (χ0) is 20.6. The lowest BCUT2D eigenvalue weighted by atomic mass is 9.95. The maximum atomic E-state index is 12.5. The second-order valence-electron chi connectivity index (χ2n) is 7.47. The van der Waals surface area contributed by atoms with Crippen LogP contribution in [0.4, 0.5) is 5.69 Å². The number of hydrogen-bond donors (Lipinski definition) is 2. The van der Waals surface area contributed by atoms with Crippen molar-refractivity contribution in [1.82, 2.24) is 10.2 Å². The quantitative estimate of drug-likeness (QED) is 0.656. The Morgan fingerprint density at radius 3 is 2.06 bits per heavy atom. The predicted octanol–water partition coefficient (Wildman–Crippen LogP) is 3.02. The van der Waals surface area contributed by atoms with Gasteiger partial charge in [-0.25, -0.2) is 0 Å². The Bertz CT molecular complexity index is 800. The summed E-state index contributed by atoms with van der Waals surface area (Å²) in [4.78, 5) is 29.0. The van der Waals surface area contributed by atoms with Crippen molar-refractivity contribution in [2.75, 3.05) is 37.6 Å². The van der Waals surface area contributed by atoms with Crippen LogP contribution in [0, 0.1) is 5.92 Å². The van der Waals surface area contributed by atoms with Crippen molar-refractivity contribution in [3.63, 3.8) is 0 Å². The molecular weight excluding hydrogens is 435 g/mol. The maximum Gasteiger partial charge on any atom is 0.224 e. The number of benzene rings is 2. The van der Waals surface area contributed by atoms with Crippen LogP contribution in [0.3, 0.4) is 0 Å². The summed E-state index contributed by atoms with van der Waals surface area (Å²) in [7, 11) is 0. The number of carbonyl (C=O) groups is 2. The van der Waals surface area contributed by atoms with Crippen molar-refractivity contribution in [1.29, 1.82) is 0 Å². The van der Waals surface area contributed by atoms with Gasteiger partial charge in [0.05, 0.1) is 5.92 Å². The average molecular weight is 467 g/mol. The normalized spacial score (nSPS) is 15.2. The van der Waals surface area contributed by atoms with Crippen molar-refractivity contribution >= 4 is 42.3 Å². The molecule has 31 heavy (non-hydrogen) atoms. The van der Waals surface area contributed by atoms with Crippen molar-refractivity contribution < 1.29 is 9.59 Å². The smallest absolute Gasteiger partial charge is 0.224 e. The first-order valence-corrected chi connectivity index (χ1v) is 10.2. The molecule has 2 atom stereocenters. The first kappa shape index (κ1) is 26.8. The van der Waals surface area contributed by atoms with Gasteiger partial charge in [-0.2, -0.15) is 0 Å². The number of nitrogens with zero attached hydrogens (tertiary/aromatic N) is 2. The van der Waals surface area contributed by atoms with Crippen molar-refractivity contribution in [3.05, 3.63) is 66.2 Å². The van der Waals surface area contributed by atoms with Crippen molar-refractivity contribution in [2.24, 2.45) is 11.7 Å². The molecule has 3 N–H and O–H groups in total. The third kappa shape index (κ3) is 7.42. The average Bonchev–Trinajstić information content (AvgIpc) is 2.79. The van der Waals surface area contributed by atoms with Gasteiger partial charge in [-0.05, 0) is 17.7 Å². The number of amides is 2. The molecule has 1 aliphatic heterocycles. The van der Waals surface area contributed by atoms with Crippen LogP contribution >= 0.6 is 24.8 Å². The Morgan fingerprint density at radius 2 is 1.48 bits per heavy atom. The van der Waals surface area contributed by atoms with Crippen molar-refractivity contribution in [3.8, 4) is 0 Å². The molecule has 0 spiro atoms. The van der Waals surface area contributed by atoms with Crippen molar-refractivity contribution in [2.45, 2.75) is 19.4 Å². The molecule has 2 aromatic carbocycles. The lowest BCUT2D eigenvalue weighted by Crippen LogP contribution is -2.49. The fourth-order valence-electron chi connectivity index (χ4n) is 3.59. The highest BCUT2D eigenvalue weighted by Crippen LogP contribution is 2.19. The topological polar surface area (TPSA) is 78.7 Å². The second-order valence-corrected chi connectivity index (χ2v) is 7.47. The Hall–Kier alpha value is -2.28. The standard InChI is InChI=1S/C23H30N4O2.2ClH/c1-18(22(24)19-8-4-2-5-9-19)23(29)25-13-12-21(28)27-16-14-26(15-17-27)20-10-6-3-7-11-20;;/h2-11,18,22H,12-17,24H2,1H3,(H,25,29);2*1H. The largest absolute Gasteiger partial charge is 0.368 e. The van der Waals surface area contributed by atoms with Crippen LogP contribution in [0.1, 0.15) is 24.9 Å². The molecule has 6 nitrogen and oxygen atoms in total. The Morgan fingerprint density at radius 1 is 0.935 bits per heavy atom. The van der Waals surface area contributed by atoms with Gasteiger partial charge in [0.25, 0.3) is 0 Å². The van der Waals surface area contributed by atoms with E-state index in [0.717, 1.165) is 18.7 Å². The molecule has 0 aliphatic carbocycles. The highest BCUT2D eigenvalue weighted by Gasteiger charge is 2.23. The molecule has 1 fully saturated rings. The lowest BCUT2D eigenvalue weighted by molar-refractivity contribution is -0.131. The number of nitrogens with two attached hydrogens (primary N) is 1. The first-order chi connectivity index (χ1) is 14.1. The zero-order valence-corrected chi connectivity index (χ0v) is 19.4. The zero-order valence-electron chi connectivity index (χ0n) is 17.8. The highest BCUT2D eigenvalue weighted by molar-refractivity contribution is 5.85. The molecular formula is C23H32Cl2N4O2. The molecule has 2 unspecified atom stereocenters. The summed E-state index contributed by atoms with van der Waals surface area (Å²) in [5.74, 6) is -0.400. The number of anilines is 1. The maximum absolute atomic E-state index is 12.5. The first-order valence-electron chi connectivity index (χ1n) is 10.2. The van der Waals surface area contributed by atoms with Gasteiger partial charge in [0.2, 0.25) is 11.8 Å². The number of carbonyl (C=O) groups excluding carboxylic acids is 2. The lowest BCUT2D eigenvalue weighted by Gasteiger charge is -2.36. The van der Waals surface area contributed by atoms with E-state index in [9.17, 15) is 9.59 Å². The van der Waals surface area contributed by atoms with Gasteiger partial charge in [0, 0.05) is 50.9 Å². The van der Waals surface area contributed by atoms with Gasteiger partial charge in [-0.1, -0.05) is 55.5 Å². The van der Waals surface area contributed by atoms with E-state index in [1.165, 1.54) is 5.69 Å². The van der Waals surface area contributed by atoms with E-state index in [0.29, 0.717) is 26.1 Å². The SMILES string of the molecule is CC(C(=O)NCCC(=O)N1CCN(c2ccccc2)CC1)C(N)c1ccccc1.Cl.Cl. The van der Waals surface area contributed by atoms with E-state index in [1.54, 1.807) is 0 Å².